The van der Waals surface area contributed by atoms with Crippen LogP contribution in [-0.4, -0.2) is 49.1 Å². The monoisotopic (exact) mass is 462 g/mol. The first kappa shape index (κ1) is 23.7. The highest BCUT2D eigenvalue weighted by Gasteiger charge is 2.21. The summed E-state index contributed by atoms with van der Waals surface area (Å²) in [5.74, 6) is 0.750. The Kier molecular flexibility index (Phi) is 6.56. The van der Waals surface area contributed by atoms with Crippen LogP contribution in [0.25, 0.3) is 27.9 Å². The number of aromatic amines is 1. The zero-order valence-electron chi connectivity index (χ0n) is 20.7. The van der Waals surface area contributed by atoms with Gasteiger partial charge >= 0.3 is 0 Å². The number of fused-ring (bicyclic) bond motifs is 2. The smallest absolute Gasteiger partial charge is 0.231 e. The number of rotatable bonds is 9. The maximum atomic E-state index is 11.0. The van der Waals surface area contributed by atoms with E-state index in [9.17, 15) is 4.79 Å². The van der Waals surface area contributed by atoms with Gasteiger partial charge in [0.2, 0.25) is 5.91 Å². The Morgan fingerprint density at radius 2 is 1.91 bits per heavy atom. The number of anilines is 1. The first-order valence-corrected chi connectivity index (χ1v) is 11.8. The second kappa shape index (κ2) is 9.42. The number of nitrogens with two attached hydrogens (primary N) is 1. The molecule has 9 heteroatoms. The lowest BCUT2D eigenvalue weighted by molar-refractivity contribution is -0.117. The number of aryl methyl sites for hydroxylation is 1. The van der Waals surface area contributed by atoms with Crippen molar-refractivity contribution in [2.75, 3.05) is 11.9 Å². The van der Waals surface area contributed by atoms with Gasteiger partial charge < -0.3 is 21.4 Å². The van der Waals surface area contributed by atoms with E-state index in [1.165, 1.54) is 11.1 Å². The summed E-state index contributed by atoms with van der Waals surface area (Å²) >= 11 is 0. The van der Waals surface area contributed by atoms with Crippen molar-refractivity contribution in [3.63, 3.8) is 0 Å². The molecular formula is C25H34N8O. The van der Waals surface area contributed by atoms with Crippen LogP contribution < -0.4 is 16.4 Å². The number of pyridine rings is 2. The van der Waals surface area contributed by atoms with Crippen LogP contribution in [0.1, 0.15) is 56.7 Å². The van der Waals surface area contributed by atoms with Crippen LogP contribution in [0.4, 0.5) is 5.82 Å². The van der Waals surface area contributed by atoms with Gasteiger partial charge in [-0.05, 0) is 63.3 Å². The van der Waals surface area contributed by atoms with Gasteiger partial charge in [0.05, 0.1) is 23.3 Å². The van der Waals surface area contributed by atoms with Crippen LogP contribution in [0.3, 0.4) is 0 Å². The Balaban J connectivity index is 1.67. The number of amides is 1. The predicted molar refractivity (Wildman–Crippen MR) is 136 cm³/mol. The van der Waals surface area contributed by atoms with Crippen molar-refractivity contribution >= 4 is 28.4 Å². The number of carbonyl (C=O) groups is 1. The highest BCUT2D eigenvalue weighted by Crippen LogP contribution is 2.37. The molecule has 180 valence electrons. The third-order valence-corrected chi connectivity index (χ3v) is 6.38. The van der Waals surface area contributed by atoms with Crippen LogP contribution in [0, 0.1) is 13.8 Å². The molecule has 0 aliphatic carbocycles. The lowest BCUT2D eigenvalue weighted by Crippen LogP contribution is -2.37. The molecule has 4 rings (SSSR count). The van der Waals surface area contributed by atoms with Crippen LogP contribution >= 0.6 is 0 Å². The minimum Gasteiger partial charge on any atom is -0.369 e. The van der Waals surface area contributed by atoms with Crippen molar-refractivity contribution in [2.24, 2.45) is 5.73 Å². The molecule has 0 bridgehead atoms. The van der Waals surface area contributed by atoms with Gasteiger partial charge in [0.25, 0.3) is 0 Å². The average molecular weight is 463 g/mol. The molecule has 1 amide bonds. The highest BCUT2D eigenvalue weighted by atomic mass is 16.1. The van der Waals surface area contributed by atoms with E-state index in [-0.39, 0.29) is 30.5 Å². The third kappa shape index (κ3) is 4.61. The molecule has 0 aliphatic rings. The topological polar surface area (TPSA) is 126 Å². The summed E-state index contributed by atoms with van der Waals surface area (Å²) in [6.07, 6.45) is 4.47. The van der Waals surface area contributed by atoms with E-state index < -0.39 is 0 Å². The number of hydrogen-bond acceptors (Lipinski definition) is 6. The van der Waals surface area contributed by atoms with Crippen LogP contribution in [0.5, 0.6) is 0 Å². The number of aromatic nitrogens is 5. The number of nitrogens with zero attached hydrogens (tertiary/aromatic N) is 4. The van der Waals surface area contributed by atoms with Gasteiger partial charge in [-0.3, -0.25) is 4.79 Å². The minimum absolute atomic E-state index is 0.154. The second-order valence-corrected chi connectivity index (χ2v) is 9.51. The fourth-order valence-electron chi connectivity index (χ4n) is 4.59. The molecule has 1 unspecified atom stereocenters. The Labute approximate surface area is 199 Å². The molecule has 4 aromatic rings. The van der Waals surface area contributed by atoms with E-state index in [0.717, 1.165) is 45.7 Å². The van der Waals surface area contributed by atoms with Crippen LogP contribution in [-0.2, 0) is 4.79 Å². The molecule has 0 radical (unpaired) electrons. The lowest BCUT2D eigenvalue weighted by atomic mass is 9.95. The molecule has 2 atom stereocenters. The quantitative estimate of drug-likeness (QED) is 0.301. The normalized spacial score (nSPS) is 13.6. The number of hydrogen-bond donors (Lipinski definition) is 4. The van der Waals surface area contributed by atoms with Gasteiger partial charge in [-0.1, -0.05) is 13.8 Å². The summed E-state index contributed by atoms with van der Waals surface area (Å²) < 4.78 is 1.84. The largest absolute Gasteiger partial charge is 0.369 e. The highest BCUT2D eigenvalue weighted by molar-refractivity contribution is 5.90. The van der Waals surface area contributed by atoms with Gasteiger partial charge in [-0.15, -0.1) is 0 Å². The molecule has 0 spiro atoms. The summed E-state index contributed by atoms with van der Waals surface area (Å²) in [6.45, 7) is 12.9. The van der Waals surface area contributed by atoms with E-state index in [4.69, 9.17) is 10.7 Å². The van der Waals surface area contributed by atoms with E-state index in [0.29, 0.717) is 0 Å². The predicted octanol–water partition coefficient (Wildman–Crippen LogP) is 3.67. The molecule has 0 saturated carbocycles. The maximum absolute atomic E-state index is 11.0. The third-order valence-electron chi connectivity index (χ3n) is 6.38. The molecule has 34 heavy (non-hydrogen) atoms. The average Bonchev–Trinajstić information content (AvgIpc) is 3.39. The number of carbonyl (C=O) groups excluding carboxylic acids is 1. The molecule has 9 nitrogen and oxygen atoms in total. The summed E-state index contributed by atoms with van der Waals surface area (Å²) in [5.41, 5.74) is 13.7. The Morgan fingerprint density at radius 1 is 1.15 bits per heavy atom. The first-order chi connectivity index (χ1) is 16.2. The van der Waals surface area contributed by atoms with E-state index >= 15 is 0 Å². The molecule has 4 heterocycles. The summed E-state index contributed by atoms with van der Waals surface area (Å²) in [5, 5.41) is 11.0. The zero-order valence-corrected chi connectivity index (χ0v) is 20.7. The van der Waals surface area contributed by atoms with Gasteiger partial charge in [-0.2, -0.15) is 5.10 Å². The minimum atomic E-state index is -0.350. The molecule has 5 N–H and O–H groups in total. The first-order valence-electron chi connectivity index (χ1n) is 11.8. The maximum Gasteiger partial charge on any atom is 0.231 e. The SMILES string of the molecule is Cc1c(-c2[nH]c3ccc(N[C@H](C)CC(C)NCC(N)=O)nc3c2C(C)C)cn2ncnc2c1C. The molecular weight excluding hydrogens is 428 g/mol. The van der Waals surface area contributed by atoms with Gasteiger partial charge in [0.1, 0.15) is 12.1 Å². The number of H-pyrrole nitrogens is 1. The molecule has 0 fully saturated rings. The van der Waals surface area contributed by atoms with Gasteiger partial charge in [0, 0.05) is 29.4 Å². The van der Waals surface area contributed by atoms with Gasteiger partial charge in [-0.25, -0.2) is 14.5 Å². The standard InChI is InChI=1S/C25H34N8O/c1-13(2)22-23(18-11-33-25(28-12-29-33)17(6)16(18)5)31-19-7-8-21(32-24(19)22)30-15(4)9-14(3)27-10-20(26)34/h7-8,11-15,27,31H,9-10H2,1-6H3,(H2,26,34)(H,30,32)/t14?,15-/m1/s1. The number of nitrogens with one attached hydrogen (secondary N) is 3. The Morgan fingerprint density at radius 3 is 2.62 bits per heavy atom. The lowest BCUT2D eigenvalue weighted by Gasteiger charge is -2.20. The fraction of sp³-hybridized carbons (Fsp3) is 0.440. The van der Waals surface area contributed by atoms with E-state index in [1.54, 1.807) is 6.33 Å². The van der Waals surface area contributed by atoms with Crippen molar-refractivity contribution < 1.29 is 4.79 Å². The van der Waals surface area contributed by atoms with E-state index in [1.807, 2.05) is 23.7 Å². The van der Waals surface area contributed by atoms with Crippen LogP contribution in [0.15, 0.2) is 24.7 Å². The summed E-state index contributed by atoms with van der Waals surface area (Å²) in [6, 6.07) is 4.41. The number of primary amides is 1. The molecule has 0 aliphatic heterocycles. The summed E-state index contributed by atoms with van der Waals surface area (Å²) in [4.78, 5) is 24.0. The molecule has 0 saturated heterocycles. The second-order valence-electron chi connectivity index (χ2n) is 9.51. The molecule has 4 aromatic heterocycles. The molecule has 0 aromatic carbocycles. The van der Waals surface area contributed by atoms with Crippen LogP contribution in [0.2, 0.25) is 0 Å². The fourth-order valence-corrected chi connectivity index (χ4v) is 4.59. The van der Waals surface area contributed by atoms with Crippen molar-refractivity contribution in [1.82, 2.24) is 29.9 Å². The zero-order chi connectivity index (χ0) is 24.6. The van der Waals surface area contributed by atoms with Crippen molar-refractivity contribution in [3.05, 3.63) is 41.3 Å². The van der Waals surface area contributed by atoms with E-state index in [2.05, 4.69) is 66.4 Å². The summed E-state index contributed by atoms with van der Waals surface area (Å²) in [7, 11) is 0. The van der Waals surface area contributed by atoms with Crippen molar-refractivity contribution in [3.8, 4) is 11.3 Å². The Hall–Kier alpha value is -3.46. The van der Waals surface area contributed by atoms with Crippen molar-refractivity contribution in [1.29, 1.82) is 0 Å². The van der Waals surface area contributed by atoms with Crippen molar-refractivity contribution in [2.45, 2.75) is 66.0 Å². The Bertz CT molecular complexity index is 1340. The van der Waals surface area contributed by atoms with Gasteiger partial charge in [0.15, 0.2) is 5.65 Å².